The molecule has 1 unspecified atom stereocenters. The van der Waals surface area contributed by atoms with Gasteiger partial charge in [0, 0.05) is 12.1 Å². The molecule has 0 fully saturated rings. The van der Waals surface area contributed by atoms with Crippen LogP contribution >= 0.6 is 23.1 Å². The molecule has 4 nitrogen and oxygen atoms in total. The van der Waals surface area contributed by atoms with Crippen LogP contribution in [0.1, 0.15) is 10.8 Å². The summed E-state index contributed by atoms with van der Waals surface area (Å²) in [5.41, 5.74) is 8.64. The monoisotopic (exact) mass is 267 g/mol. The summed E-state index contributed by atoms with van der Waals surface area (Å²) >= 11 is 3.14. The average Bonchev–Trinajstić information content (AvgIpc) is 2.89. The predicted octanol–water partition coefficient (Wildman–Crippen LogP) is 2.34. The number of nitrogens with zero attached hydrogens (tertiary/aromatic N) is 2. The van der Waals surface area contributed by atoms with Crippen LogP contribution in [0.15, 0.2) is 34.1 Å². The lowest BCUT2D eigenvalue weighted by molar-refractivity contribution is 0.409. The van der Waals surface area contributed by atoms with E-state index < -0.39 is 0 Å². The molecule has 0 aliphatic carbocycles. The molecule has 0 bridgehead atoms. The topological polar surface area (TPSA) is 61.0 Å². The zero-order chi connectivity index (χ0) is 12.1. The summed E-state index contributed by atoms with van der Waals surface area (Å²) in [6.45, 7) is 0.532. The predicted molar refractivity (Wildman–Crippen MR) is 70.6 cm³/mol. The zero-order valence-electron chi connectivity index (χ0n) is 9.37. The van der Waals surface area contributed by atoms with Crippen molar-refractivity contribution in [1.29, 1.82) is 0 Å². The maximum absolute atomic E-state index is 5.83. The summed E-state index contributed by atoms with van der Waals surface area (Å²) in [5, 5.41) is 7.98. The molecule has 1 aromatic heterocycles. The van der Waals surface area contributed by atoms with E-state index in [1.54, 1.807) is 24.4 Å². The van der Waals surface area contributed by atoms with Gasteiger partial charge in [-0.25, -0.2) is 0 Å². The minimum Gasteiger partial charge on any atom is -0.496 e. The third kappa shape index (κ3) is 2.96. The Bertz CT molecular complexity index is 461. The Kier molecular flexibility index (Phi) is 4.36. The van der Waals surface area contributed by atoms with Crippen LogP contribution in [0, 0.1) is 0 Å². The Balaban J connectivity index is 2.22. The molecule has 2 aromatic rings. The van der Waals surface area contributed by atoms with Crippen LogP contribution in [-0.2, 0) is 0 Å². The molecule has 17 heavy (non-hydrogen) atoms. The fourth-order valence-corrected chi connectivity index (χ4v) is 3.24. The Morgan fingerprint density at radius 2 is 2.29 bits per heavy atom. The lowest BCUT2D eigenvalue weighted by Crippen LogP contribution is -2.10. The molecule has 0 spiro atoms. The number of rotatable bonds is 5. The first-order valence-electron chi connectivity index (χ1n) is 5.11. The summed E-state index contributed by atoms with van der Waals surface area (Å²) in [6.07, 6.45) is 0. The van der Waals surface area contributed by atoms with E-state index in [4.69, 9.17) is 10.5 Å². The van der Waals surface area contributed by atoms with E-state index in [9.17, 15) is 0 Å². The fraction of sp³-hybridized carbons (Fsp3) is 0.273. The van der Waals surface area contributed by atoms with Crippen LogP contribution in [0.4, 0.5) is 0 Å². The van der Waals surface area contributed by atoms with E-state index in [-0.39, 0.29) is 5.25 Å². The van der Waals surface area contributed by atoms with Crippen molar-refractivity contribution in [3.05, 3.63) is 35.3 Å². The largest absolute Gasteiger partial charge is 0.496 e. The Hall–Kier alpha value is -1.11. The van der Waals surface area contributed by atoms with Gasteiger partial charge in [-0.3, -0.25) is 0 Å². The SMILES string of the molecule is COc1ccccc1C(CN)Sc1nncs1. The van der Waals surface area contributed by atoms with Gasteiger partial charge in [0.25, 0.3) is 0 Å². The van der Waals surface area contributed by atoms with Gasteiger partial charge in [0.2, 0.25) is 0 Å². The number of ether oxygens (including phenoxy) is 1. The van der Waals surface area contributed by atoms with Crippen molar-refractivity contribution >= 4 is 23.1 Å². The molecule has 0 saturated carbocycles. The molecule has 0 aliphatic rings. The minimum absolute atomic E-state index is 0.138. The van der Waals surface area contributed by atoms with E-state index in [1.165, 1.54) is 11.3 Å². The third-order valence-corrected chi connectivity index (χ3v) is 4.36. The van der Waals surface area contributed by atoms with E-state index in [2.05, 4.69) is 10.2 Å². The van der Waals surface area contributed by atoms with Gasteiger partial charge in [-0.2, -0.15) is 0 Å². The van der Waals surface area contributed by atoms with Crippen molar-refractivity contribution in [2.75, 3.05) is 13.7 Å². The van der Waals surface area contributed by atoms with Crippen LogP contribution in [0.25, 0.3) is 0 Å². The lowest BCUT2D eigenvalue weighted by atomic mass is 10.1. The van der Waals surface area contributed by atoms with Crippen LogP contribution in [-0.4, -0.2) is 23.9 Å². The highest BCUT2D eigenvalue weighted by Gasteiger charge is 2.17. The number of para-hydroxylation sites is 1. The van der Waals surface area contributed by atoms with E-state index in [1.807, 2.05) is 24.3 Å². The van der Waals surface area contributed by atoms with Gasteiger partial charge in [-0.05, 0) is 6.07 Å². The number of thioether (sulfide) groups is 1. The highest BCUT2D eigenvalue weighted by Crippen LogP contribution is 2.38. The van der Waals surface area contributed by atoms with Crippen LogP contribution in [0.3, 0.4) is 0 Å². The molecule has 1 heterocycles. The maximum atomic E-state index is 5.83. The summed E-state index contributed by atoms with van der Waals surface area (Å²) in [7, 11) is 1.67. The fourth-order valence-electron chi connectivity index (χ4n) is 1.51. The molecule has 2 N–H and O–H groups in total. The third-order valence-electron chi connectivity index (χ3n) is 2.28. The standard InChI is InChI=1S/C11H13N3OS2/c1-15-9-5-3-2-4-8(9)10(6-12)17-11-14-13-7-16-11/h2-5,7,10H,6,12H2,1H3. The Morgan fingerprint density at radius 1 is 1.47 bits per heavy atom. The molecule has 2 rings (SSSR count). The van der Waals surface area contributed by atoms with Crippen molar-refractivity contribution < 1.29 is 4.74 Å². The molecular weight excluding hydrogens is 254 g/mol. The van der Waals surface area contributed by atoms with Crippen molar-refractivity contribution in [2.24, 2.45) is 5.73 Å². The van der Waals surface area contributed by atoms with Crippen molar-refractivity contribution in [3.8, 4) is 5.75 Å². The Morgan fingerprint density at radius 3 is 2.94 bits per heavy atom. The van der Waals surface area contributed by atoms with Crippen LogP contribution < -0.4 is 10.5 Å². The highest BCUT2D eigenvalue weighted by atomic mass is 32.2. The smallest absolute Gasteiger partial charge is 0.174 e. The van der Waals surface area contributed by atoms with Crippen molar-refractivity contribution in [1.82, 2.24) is 10.2 Å². The quantitative estimate of drug-likeness (QED) is 0.843. The molecule has 6 heteroatoms. The molecule has 0 amide bonds. The Labute approximate surface area is 108 Å². The first-order chi connectivity index (χ1) is 8.35. The number of hydrogen-bond donors (Lipinski definition) is 1. The van der Waals surface area contributed by atoms with Crippen molar-refractivity contribution in [3.63, 3.8) is 0 Å². The van der Waals surface area contributed by atoms with Crippen molar-refractivity contribution in [2.45, 2.75) is 9.59 Å². The summed E-state index contributed by atoms with van der Waals surface area (Å²) in [6, 6.07) is 7.91. The van der Waals surface area contributed by atoms with Gasteiger partial charge in [0.05, 0.1) is 12.4 Å². The van der Waals surface area contributed by atoms with Gasteiger partial charge in [-0.15, -0.1) is 10.2 Å². The van der Waals surface area contributed by atoms with Crippen LogP contribution in [0.5, 0.6) is 5.75 Å². The summed E-state index contributed by atoms with van der Waals surface area (Å²) < 4.78 is 6.27. The van der Waals surface area contributed by atoms with E-state index in [0.717, 1.165) is 15.7 Å². The molecule has 1 aromatic carbocycles. The number of aromatic nitrogens is 2. The first-order valence-corrected chi connectivity index (χ1v) is 6.87. The number of nitrogens with two attached hydrogens (primary N) is 1. The number of hydrogen-bond acceptors (Lipinski definition) is 6. The normalized spacial score (nSPS) is 12.4. The lowest BCUT2D eigenvalue weighted by Gasteiger charge is -2.16. The first kappa shape index (κ1) is 12.3. The molecule has 90 valence electrons. The average molecular weight is 267 g/mol. The van der Waals surface area contributed by atoms with Gasteiger partial charge < -0.3 is 10.5 Å². The summed E-state index contributed by atoms with van der Waals surface area (Å²) in [5.74, 6) is 0.861. The molecule has 0 saturated heterocycles. The second-order valence-electron chi connectivity index (χ2n) is 3.29. The highest BCUT2D eigenvalue weighted by molar-refractivity contribution is 8.01. The number of methoxy groups -OCH3 is 1. The summed E-state index contributed by atoms with van der Waals surface area (Å²) in [4.78, 5) is 0. The molecule has 0 radical (unpaired) electrons. The van der Waals surface area contributed by atoms with E-state index in [0.29, 0.717) is 6.54 Å². The van der Waals surface area contributed by atoms with Gasteiger partial charge in [0.1, 0.15) is 11.3 Å². The van der Waals surface area contributed by atoms with Gasteiger partial charge >= 0.3 is 0 Å². The van der Waals surface area contributed by atoms with Crippen LogP contribution in [0.2, 0.25) is 0 Å². The molecule has 0 aliphatic heterocycles. The number of benzene rings is 1. The second kappa shape index (κ2) is 6.00. The second-order valence-corrected chi connectivity index (χ2v) is 5.57. The van der Waals surface area contributed by atoms with E-state index >= 15 is 0 Å². The van der Waals surface area contributed by atoms with Gasteiger partial charge in [0.15, 0.2) is 4.34 Å². The maximum Gasteiger partial charge on any atom is 0.174 e. The zero-order valence-corrected chi connectivity index (χ0v) is 11.0. The minimum atomic E-state index is 0.138. The molecule has 1 atom stereocenters. The van der Waals surface area contributed by atoms with Gasteiger partial charge in [-0.1, -0.05) is 41.3 Å². The molecular formula is C11H13N3OS2.